The van der Waals surface area contributed by atoms with E-state index in [1.54, 1.807) is 12.1 Å². The molecule has 0 amide bonds. The third kappa shape index (κ3) is 2.25. The van der Waals surface area contributed by atoms with Gasteiger partial charge in [0.2, 0.25) is 0 Å². The molecular formula is C16H16FN3. The van der Waals surface area contributed by atoms with Crippen molar-refractivity contribution in [3.05, 3.63) is 65.5 Å². The molecule has 1 unspecified atom stereocenters. The van der Waals surface area contributed by atoms with Gasteiger partial charge in [0.15, 0.2) is 5.96 Å². The number of benzene rings is 2. The molecule has 0 fully saturated rings. The zero-order chi connectivity index (χ0) is 14.1. The lowest BCUT2D eigenvalue weighted by atomic mass is 10.1. The van der Waals surface area contributed by atoms with E-state index < -0.39 is 0 Å². The number of hydrogen-bond acceptors (Lipinski definition) is 3. The molecule has 2 aromatic carbocycles. The maximum atomic E-state index is 13.4. The number of aliphatic imine (C=N–C) groups is 1. The summed E-state index contributed by atoms with van der Waals surface area (Å²) in [6.07, 6.45) is 0. The van der Waals surface area contributed by atoms with Crippen LogP contribution in [0, 0.1) is 12.7 Å². The fourth-order valence-corrected chi connectivity index (χ4v) is 2.56. The van der Waals surface area contributed by atoms with Crippen LogP contribution in [0.3, 0.4) is 0 Å². The Bertz CT molecular complexity index is 666. The molecule has 102 valence electrons. The van der Waals surface area contributed by atoms with Gasteiger partial charge in [0.1, 0.15) is 5.82 Å². The van der Waals surface area contributed by atoms with Gasteiger partial charge < -0.3 is 10.6 Å². The highest BCUT2D eigenvalue weighted by Gasteiger charge is 2.28. The summed E-state index contributed by atoms with van der Waals surface area (Å²) in [5, 5.41) is 0. The standard InChI is InChI=1S/C16H16FN3/c1-11-4-2-7-14(8-11)20-15(10-19-16(20)18)12-5-3-6-13(17)9-12/h2-9,15H,10H2,1H3,(H2,18,19). The van der Waals surface area contributed by atoms with Crippen molar-refractivity contribution < 1.29 is 4.39 Å². The molecule has 1 atom stereocenters. The number of nitrogens with two attached hydrogens (primary N) is 1. The van der Waals surface area contributed by atoms with Gasteiger partial charge in [-0.3, -0.25) is 4.99 Å². The lowest BCUT2D eigenvalue weighted by Gasteiger charge is -2.27. The van der Waals surface area contributed by atoms with Crippen LogP contribution in [-0.4, -0.2) is 12.5 Å². The first-order valence-corrected chi connectivity index (χ1v) is 6.56. The quantitative estimate of drug-likeness (QED) is 0.910. The van der Waals surface area contributed by atoms with Crippen LogP contribution >= 0.6 is 0 Å². The van der Waals surface area contributed by atoms with E-state index in [0.29, 0.717) is 12.5 Å². The van der Waals surface area contributed by atoms with E-state index in [4.69, 9.17) is 5.73 Å². The molecule has 2 N–H and O–H groups in total. The third-order valence-corrected chi connectivity index (χ3v) is 3.50. The van der Waals surface area contributed by atoms with Crippen LogP contribution in [0.4, 0.5) is 10.1 Å². The predicted molar refractivity (Wildman–Crippen MR) is 79.3 cm³/mol. The normalized spacial score (nSPS) is 18.2. The fraction of sp³-hybridized carbons (Fsp3) is 0.188. The average Bonchev–Trinajstić information content (AvgIpc) is 2.80. The second-order valence-corrected chi connectivity index (χ2v) is 4.98. The Morgan fingerprint density at radius 3 is 2.75 bits per heavy atom. The molecule has 2 aromatic rings. The van der Waals surface area contributed by atoms with Crippen molar-refractivity contribution in [2.24, 2.45) is 10.7 Å². The monoisotopic (exact) mass is 269 g/mol. The van der Waals surface area contributed by atoms with Crippen LogP contribution in [0.5, 0.6) is 0 Å². The number of hydrogen-bond donors (Lipinski definition) is 1. The van der Waals surface area contributed by atoms with Crippen molar-refractivity contribution >= 4 is 11.6 Å². The summed E-state index contributed by atoms with van der Waals surface area (Å²) >= 11 is 0. The molecule has 0 saturated heterocycles. The van der Waals surface area contributed by atoms with E-state index in [9.17, 15) is 4.39 Å². The first-order valence-electron chi connectivity index (χ1n) is 6.56. The van der Waals surface area contributed by atoms with Crippen molar-refractivity contribution in [2.45, 2.75) is 13.0 Å². The molecule has 3 nitrogen and oxygen atoms in total. The zero-order valence-corrected chi connectivity index (χ0v) is 11.3. The molecule has 0 bridgehead atoms. The molecule has 0 saturated carbocycles. The van der Waals surface area contributed by atoms with Crippen LogP contribution in [0.2, 0.25) is 0 Å². The maximum Gasteiger partial charge on any atom is 0.196 e. The van der Waals surface area contributed by atoms with Crippen molar-refractivity contribution in [1.29, 1.82) is 0 Å². The maximum absolute atomic E-state index is 13.4. The minimum Gasteiger partial charge on any atom is -0.369 e. The third-order valence-electron chi connectivity index (χ3n) is 3.50. The molecule has 0 aromatic heterocycles. The van der Waals surface area contributed by atoms with Gasteiger partial charge in [-0.1, -0.05) is 24.3 Å². The molecule has 0 spiro atoms. The molecular weight excluding hydrogens is 253 g/mol. The number of guanidine groups is 1. The van der Waals surface area contributed by atoms with Crippen molar-refractivity contribution in [2.75, 3.05) is 11.4 Å². The van der Waals surface area contributed by atoms with Crippen LogP contribution in [0.1, 0.15) is 17.2 Å². The van der Waals surface area contributed by atoms with E-state index in [1.807, 2.05) is 36.1 Å². The van der Waals surface area contributed by atoms with E-state index in [2.05, 4.69) is 11.1 Å². The van der Waals surface area contributed by atoms with E-state index in [-0.39, 0.29) is 11.9 Å². The average molecular weight is 269 g/mol. The molecule has 1 aliphatic heterocycles. The number of nitrogens with zero attached hydrogens (tertiary/aromatic N) is 2. The first kappa shape index (κ1) is 12.7. The molecule has 1 heterocycles. The molecule has 3 rings (SSSR count). The van der Waals surface area contributed by atoms with Gasteiger partial charge in [-0.2, -0.15) is 0 Å². The van der Waals surface area contributed by atoms with Gasteiger partial charge in [-0.25, -0.2) is 4.39 Å². The highest BCUT2D eigenvalue weighted by molar-refractivity contribution is 5.97. The van der Waals surface area contributed by atoms with Gasteiger partial charge in [0.05, 0.1) is 12.6 Å². The van der Waals surface area contributed by atoms with Gasteiger partial charge in [-0.05, 0) is 42.3 Å². The molecule has 20 heavy (non-hydrogen) atoms. The molecule has 0 aliphatic carbocycles. The fourth-order valence-electron chi connectivity index (χ4n) is 2.56. The minimum absolute atomic E-state index is 0.0486. The topological polar surface area (TPSA) is 41.6 Å². The Hall–Kier alpha value is -2.36. The van der Waals surface area contributed by atoms with E-state index >= 15 is 0 Å². The lowest BCUT2D eigenvalue weighted by Crippen LogP contribution is -2.36. The Kier molecular flexibility index (Phi) is 3.14. The Morgan fingerprint density at radius 2 is 2.00 bits per heavy atom. The van der Waals surface area contributed by atoms with Crippen molar-refractivity contribution in [3.8, 4) is 0 Å². The summed E-state index contributed by atoms with van der Waals surface area (Å²) in [7, 11) is 0. The minimum atomic E-state index is -0.239. The van der Waals surface area contributed by atoms with Crippen molar-refractivity contribution in [3.63, 3.8) is 0 Å². The highest BCUT2D eigenvalue weighted by atomic mass is 19.1. The summed E-state index contributed by atoms with van der Waals surface area (Å²) in [6.45, 7) is 2.58. The summed E-state index contributed by atoms with van der Waals surface area (Å²) in [4.78, 5) is 6.27. The SMILES string of the molecule is Cc1cccc(N2C(N)=NCC2c2cccc(F)c2)c1. The molecule has 1 aliphatic rings. The number of anilines is 1. The molecule has 4 heteroatoms. The van der Waals surface area contributed by atoms with Crippen LogP contribution in [0.15, 0.2) is 53.5 Å². The van der Waals surface area contributed by atoms with Gasteiger partial charge in [0.25, 0.3) is 0 Å². The number of halogens is 1. The van der Waals surface area contributed by atoms with Gasteiger partial charge >= 0.3 is 0 Å². The Morgan fingerprint density at radius 1 is 1.20 bits per heavy atom. The van der Waals surface area contributed by atoms with Crippen LogP contribution < -0.4 is 10.6 Å². The summed E-state index contributed by atoms with van der Waals surface area (Å²) in [5.41, 5.74) is 9.03. The van der Waals surface area contributed by atoms with Gasteiger partial charge in [-0.15, -0.1) is 0 Å². The van der Waals surface area contributed by atoms with Crippen molar-refractivity contribution in [1.82, 2.24) is 0 Å². The van der Waals surface area contributed by atoms with Gasteiger partial charge in [0, 0.05) is 5.69 Å². The summed E-state index contributed by atoms with van der Waals surface area (Å²) in [5.74, 6) is 0.238. The first-order chi connectivity index (χ1) is 9.65. The second-order valence-electron chi connectivity index (χ2n) is 4.98. The summed E-state index contributed by atoms with van der Waals surface area (Å²) in [6, 6.07) is 14.6. The van der Waals surface area contributed by atoms with E-state index in [0.717, 1.165) is 16.8 Å². The number of rotatable bonds is 2. The predicted octanol–water partition coefficient (Wildman–Crippen LogP) is 3.01. The zero-order valence-electron chi connectivity index (χ0n) is 11.3. The van der Waals surface area contributed by atoms with Crippen LogP contribution in [-0.2, 0) is 0 Å². The highest BCUT2D eigenvalue weighted by Crippen LogP contribution is 2.31. The molecule has 0 radical (unpaired) electrons. The van der Waals surface area contributed by atoms with Crippen LogP contribution in [0.25, 0.3) is 0 Å². The Labute approximate surface area is 117 Å². The lowest BCUT2D eigenvalue weighted by molar-refractivity contribution is 0.621. The Balaban J connectivity index is 2.00. The number of aryl methyl sites for hydroxylation is 1. The second kappa shape index (κ2) is 4.96. The van der Waals surface area contributed by atoms with E-state index in [1.165, 1.54) is 6.07 Å². The summed E-state index contributed by atoms with van der Waals surface area (Å²) < 4.78 is 13.4. The smallest absolute Gasteiger partial charge is 0.196 e. The largest absolute Gasteiger partial charge is 0.369 e.